The van der Waals surface area contributed by atoms with Crippen LogP contribution in [0.5, 0.6) is 0 Å². The van der Waals surface area contributed by atoms with Crippen molar-refractivity contribution in [1.29, 1.82) is 0 Å². The van der Waals surface area contributed by atoms with E-state index in [4.69, 9.17) is 0 Å². The molecular weight excluding hydrogens is 251 g/mol. The molecular formula is C17H21FN2. The largest absolute Gasteiger partial charge is 0.317 e. The van der Waals surface area contributed by atoms with E-state index in [1.807, 2.05) is 44.4 Å². The molecule has 1 unspecified atom stereocenters. The summed E-state index contributed by atoms with van der Waals surface area (Å²) in [6.45, 7) is 2.03. The number of aryl methyl sites for hydroxylation is 2. The normalized spacial score (nSPS) is 12.3. The number of hydrogen-bond acceptors (Lipinski definition) is 2. The van der Waals surface area contributed by atoms with Crippen LogP contribution in [0.25, 0.3) is 0 Å². The van der Waals surface area contributed by atoms with E-state index in [-0.39, 0.29) is 5.82 Å². The molecule has 0 saturated heterocycles. The Morgan fingerprint density at radius 3 is 2.80 bits per heavy atom. The minimum absolute atomic E-state index is 0.162. The van der Waals surface area contributed by atoms with Gasteiger partial charge in [0.1, 0.15) is 5.82 Å². The molecule has 3 heteroatoms. The summed E-state index contributed by atoms with van der Waals surface area (Å²) in [5.74, 6) is -0.162. The molecule has 2 aromatic rings. The van der Waals surface area contributed by atoms with E-state index in [0.29, 0.717) is 6.04 Å². The van der Waals surface area contributed by atoms with Gasteiger partial charge >= 0.3 is 0 Å². The molecule has 0 bridgehead atoms. The first kappa shape index (κ1) is 14.7. The van der Waals surface area contributed by atoms with Crippen molar-refractivity contribution in [2.24, 2.45) is 0 Å². The number of aromatic nitrogens is 1. The van der Waals surface area contributed by atoms with Gasteiger partial charge in [0.2, 0.25) is 0 Å². The van der Waals surface area contributed by atoms with Gasteiger partial charge in [-0.05, 0) is 68.6 Å². The number of rotatable bonds is 6. The second-order valence-electron chi connectivity index (χ2n) is 5.12. The Morgan fingerprint density at radius 2 is 2.10 bits per heavy atom. The van der Waals surface area contributed by atoms with Gasteiger partial charge in [0.15, 0.2) is 0 Å². The summed E-state index contributed by atoms with van der Waals surface area (Å²) in [5.41, 5.74) is 3.32. The molecule has 2 nitrogen and oxygen atoms in total. The van der Waals surface area contributed by atoms with Crippen LogP contribution >= 0.6 is 0 Å². The lowest BCUT2D eigenvalue weighted by Crippen LogP contribution is -2.28. The second kappa shape index (κ2) is 7.15. The summed E-state index contributed by atoms with van der Waals surface area (Å²) in [4.78, 5) is 4.34. The van der Waals surface area contributed by atoms with Crippen LogP contribution in [0.15, 0.2) is 42.6 Å². The van der Waals surface area contributed by atoms with E-state index in [9.17, 15) is 4.39 Å². The topological polar surface area (TPSA) is 24.9 Å². The van der Waals surface area contributed by atoms with Crippen LogP contribution in [0.2, 0.25) is 0 Å². The van der Waals surface area contributed by atoms with Crippen molar-refractivity contribution >= 4 is 0 Å². The fourth-order valence-corrected chi connectivity index (χ4v) is 2.34. The zero-order valence-electron chi connectivity index (χ0n) is 12.1. The van der Waals surface area contributed by atoms with Crippen LogP contribution in [-0.2, 0) is 12.8 Å². The van der Waals surface area contributed by atoms with Gasteiger partial charge in [0.05, 0.1) is 0 Å². The molecule has 0 aliphatic heterocycles. The van der Waals surface area contributed by atoms with Gasteiger partial charge in [-0.2, -0.15) is 0 Å². The minimum Gasteiger partial charge on any atom is -0.317 e. The van der Waals surface area contributed by atoms with Crippen molar-refractivity contribution in [3.8, 4) is 0 Å². The number of likely N-dealkylation sites (N-methyl/N-ethyl adjacent to an activating group) is 1. The van der Waals surface area contributed by atoms with Crippen molar-refractivity contribution in [2.75, 3.05) is 7.05 Å². The van der Waals surface area contributed by atoms with Gasteiger partial charge in [0, 0.05) is 17.9 Å². The predicted molar refractivity (Wildman–Crippen MR) is 80.2 cm³/mol. The van der Waals surface area contributed by atoms with Crippen LogP contribution < -0.4 is 5.32 Å². The van der Waals surface area contributed by atoms with Crippen molar-refractivity contribution < 1.29 is 4.39 Å². The molecule has 0 fully saturated rings. The first-order chi connectivity index (χ1) is 9.69. The maximum Gasteiger partial charge on any atom is 0.123 e. The monoisotopic (exact) mass is 272 g/mol. The number of benzene rings is 1. The highest BCUT2D eigenvalue weighted by molar-refractivity contribution is 5.27. The number of hydrogen-bond donors (Lipinski definition) is 1. The second-order valence-corrected chi connectivity index (χ2v) is 5.12. The third-order valence-corrected chi connectivity index (χ3v) is 3.66. The first-order valence-corrected chi connectivity index (χ1v) is 7.01. The molecule has 20 heavy (non-hydrogen) atoms. The Kier molecular flexibility index (Phi) is 5.24. The number of nitrogens with zero attached hydrogens (tertiary/aromatic N) is 1. The van der Waals surface area contributed by atoms with Crippen LogP contribution in [0.4, 0.5) is 4.39 Å². The van der Waals surface area contributed by atoms with Crippen LogP contribution in [-0.4, -0.2) is 18.1 Å². The number of pyridine rings is 1. The molecule has 106 valence electrons. The predicted octanol–water partition coefficient (Wildman–Crippen LogP) is 3.29. The Morgan fingerprint density at radius 1 is 1.25 bits per heavy atom. The molecule has 1 atom stereocenters. The fraction of sp³-hybridized carbons (Fsp3) is 0.353. The molecule has 1 aromatic carbocycles. The smallest absolute Gasteiger partial charge is 0.123 e. The summed E-state index contributed by atoms with van der Waals surface area (Å²) in [5, 5.41) is 3.32. The molecule has 0 saturated carbocycles. The van der Waals surface area contributed by atoms with Gasteiger partial charge < -0.3 is 5.32 Å². The molecule has 0 aliphatic carbocycles. The average Bonchev–Trinajstić information content (AvgIpc) is 2.48. The van der Waals surface area contributed by atoms with Crippen molar-refractivity contribution in [3.05, 3.63) is 65.2 Å². The van der Waals surface area contributed by atoms with Crippen LogP contribution in [0.3, 0.4) is 0 Å². The highest BCUT2D eigenvalue weighted by Crippen LogP contribution is 2.14. The van der Waals surface area contributed by atoms with E-state index in [0.717, 1.165) is 36.1 Å². The van der Waals surface area contributed by atoms with Gasteiger partial charge in [0.25, 0.3) is 0 Å². The first-order valence-electron chi connectivity index (χ1n) is 7.01. The SMILES string of the molecule is CNC(CCc1ccccn1)Cc1cc(F)ccc1C. The summed E-state index contributed by atoms with van der Waals surface area (Å²) in [6, 6.07) is 11.3. The van der Waals surface area contributed by atoms with Crippen molar-refractivity contribution in [3.63, 3.8) is 0 Å². The van der Waals surface area contributed by atoms with Gasteiger partial charge in [-0.15, -0.1) is 0 Å². The standard InChI is InChI=1S/C17H21FN2/c1-13-6-7-15(18)11-14(13)12-17(19-2)9-8-16-5-3-4-10-20-16/h3-7,10-11,17,19H,8-9,12H2,1-2H3. The van der Waals surface area contributed by atoms with Gasteiger partial charge in [-0.25, -0.2) is 4.39 Å². The van der Waals surface area contributed by atoms with Crippen molar-refractivity contribution in [2.45, 2.75) is 32.2 Å². The molecule has 1 heterocycles. The van der Waals surface area contributed by atoms with Crippen LogP contribution in [0.1, 0.15) is 23.2 Å². The van der Waals surface area contributed by atoms with E-state index >= 15 is 0 Å². The lowest BCUT2D eigenvalue weighted by Gasteiger charge is -2.17. The highest BCUT2D eigenvalue weighted by Gasteiger charge is 2.10. The lowest BCUT2D eigenvalue weighted by atomic mass is 9.97. The fourth-order valence-electron chi connectivity index (χ4n) is 2.34. The minimum atomic E-state index is -0.162. The molecule has 0 aliphatic rings. The average molecular weight is 272 g/mol. The van der Waals surface area contributed by atoms with E-state index in [2.05, 4.69) is 10.3 Å². The maximum atomic E-state index is 13.3. The quantitative estimate of drug-likeness (QED) is 0.873. The zero-order valence-corrected chi connectivity index (χ0v) is 12.1. The maximum absolute atomic E-state index is 13.3. The molecule has 2 rings (SSSR count). The third kappa shape index (κ3) is 4.14. The molecule has 1 aromatic heterocycles. The van der Waals surface area contributed by atoms with Crippen molar-refractivity contribution in [1.82, 2.24) is 10.3 Å². The molecule has 0 spiro atoms. The molecule has 0 radical (unpaired) electrons. The highest BCUT2D eigenvalue weighted by atomic mass is 19.1. The Balaban J connectivity index is 1.97. The van der Waals surface area contributed by atoms with E-state index < -0.39 is 0 Å². The Bertz CT molecular complexity index is 540. The molecule has 0 amide bonds. The van der Waals surface area contributed by atoms with Crippen LogP contribution in [0, 0.1) is 12.7 Å². The Labute approximate surface area is 120 Å². The number of nitrogens with one attached hydrogen (secondary N) is 1. The number of halogens is 1. The lowest BCUT2D eigenvalue weighted by molar-refractivity contribution is 0.514. The summed E-state index contributed by atoms with van der Waals surface area (Å²) in [7, 11) is 1.96. The van der Waals surface area contributed by atoms with Gasteiger partial charge in [-0.1, -0.05) is 12.1 Å². The summed E-state index contributed by atoms with van der Waals surface area (Å²) in [6.07, 6.45) is 4.58. The summed E-state index contributed by atoms with van der Waals surface area (Å²) < 4.78 is 13.3. The third-order valence-electron chi connectivity index (χ3n) is 3.66. The Hall–Kier alpha value is -1.74. The van der Waals surface area contributed by atoms with E-state index in [1.165, 1.54) is 6.07 Å². The van der Waals surface area contributed by atoms with Gasteiger partial charge in [-0.3, -0.25) is 4.98 Å². The molecule has 1 N–H and O–H groups in total. The van der Waals surface area contributed by atoms with E-state index in [1.54, 1.807) is 6.07 Å². The summed E-state index contributed by atoms with van der Waals surface area (Å²) >= 11 is 0. The zero-order chi connectivity index (χ0) is 14.4.